The summed E-state index contributed by atoms with van der Waals surface area (Å²) in [7, 11) is 0. The normalized spacial score (nSPS) is 10.7. The number of nitrogens with zero attached hydrogens (tertiary/aromatic N) is 1. The van der Waals surface area contributed by atoms with E-state index in [4.69, 9.17) is 0 Å². The van der Waals surface area contributed by atoms with Gasteiger partial charge in [0.2, 0.25) is 0 Å². The van der Waals surface area contributed by atoms with Crippen molar-refractivity contribution < 1.29 is 4.79 Å². The van der Waals surface area contributed by atoms with Crippen molar-refractivity contribution in [3.63, 3.8) is 0 Å². The summed E-state index contributed by atoms with van der Waals surface area (Å²) in [5.41, 5.74) is 1.99. The Morgan fingerprint density at radius 3 is 2.00 bits per heavy atom. The zero-order valence-corrected chi connectivity index (χ0v) is 14.7. The van der Waals surface area contributed by atoms with E-state index < -0.39 is 0 Å². The van der Waals surface area contributed by atoms with Crippen LogP contribution in [-0.4, -0.2) is 23.9 Å². The number of hydrogen-bond donors (Lipinski definition) is 0. The molecule has 0 bridgehead atoms. The van der Waals surface area contributed by atoms with Crippen molar-refractivity contribution in [2.75, 3.05) is 13.1 Å². The monoisotopic (exact) mass is 303 g/mol. The molecule has 1 amide bonds. The van der Waals surface area contributed by atoms with Gasteiger partial charge in [0, 0.05) is 18.7 Å². The summed E-state index contributed by atoms with van der Waals surface area (Å²) in [6.45, 7) is 8.29. The van der Waals surface area contributed by atoms with Gasteiger partial charge in [0.05, 0.1) is 0 Å². The van der Waals surface area contributed by atoms with E-state index in [1.54, 1.807) is 0 Å². The van der Waals surface area contributed by atoms with Gasteiger partial charge in [-0.05, 0) is 31.9 Å². The maximum absolute atomic E-state index is 12.8. The molecule has 0 radical (unpaired) electrons. The lowest BCUT2D eigenvalue weighted by Crippen LogP contribution is -2.33. The Hall–Kier alpha value is -1.31. The van der Waals surface area contributed by atoms with Crippen LogP contribution in [0.2, 0.25) is 0 Å². The van der Waals surface area contributed by atoms with E-state index >= 15 is 0 Å². The molecule has 1 rings (SSSR count). The minimum absolute atomic E-state index is 0.205. The fourth-order valence-corrected chi connectivity index (χ4v) is 2.73. The number of amides is 1. The van der Waals surface area contributed by atoms with Crippen molar-refractivity contribution in [1.82, 2.24) is 4.90 Å². The second-order valence-corrected chi connectivity index (χ2v) is 6.28. The van der Waals surface area contributed by atoms with Gasteiger partial charge in [-0.15, -0.1) is 0 Å². The van der Waals surface area contributed by atoms with E-state index in [0.717, 1.165) is 37.1 Å². The Bertz CT molecular complexity index is 415. The summed E-state index contributed by atoms with van der Waals surface area (Å²) < 4.78 is 0. The summed E-state index contributed by atoms with van der Waals surface area (Å²) in [6.07, 6.45) is 9.71. The van der Waals surface area contributed by atoms with Crippen LogP contribution < -0.4 is 0 Å². The lowest BCUT2D eigenvalue weighted by atomic mass is 10.1. The van der Waals surface area contributed by atoms with Gasteiger partial charge in [0.25, 0.3) is 5.91 Å². The summed E-state index contributed by atoms with van der Waals surface area (Å²) >= 11 is 0. The number of aryl methyl sites for hydroxylation is 1. The van der Waals surface area contributed by atoms with Crippen molar-refractivity contribution in [3.05, 3.63) is 35.4 Å². The summed E-state index contributed by atoms with van der Waals surface area (Å²) in [5, 5.41) is 0. The predicted octanol–water partition coefficient (Wildman–Crippen LogP) is 5.60. The molecule has 0 saturated carbocycles. The molecule has 0 aromatic heterocycles. The molecule has 0 heterocycles. The summed E-state index contributed by atoms with van der Waals surface area (Å²) in [4.78, 5) is 14.8. The Labute approximate surface area is 136 Å². The molecule has 0 aliphatic rings. The third kappa shape index (κ3) is 7.11. The Kier molecular flexibility index (Phi) is 9.61. The molecule has 0 atom stereocenters. The van der Waals surface area contributed by atoms with Gasteiger partial charge in [-0.1, -0.05) is 70.1 Å². The lowest BCUT2D eigenvalue weighted by Gasteiger charge is -2.23. The first-order valence-corrected chi connectivity index (χ1v) is 9.05. The molecule has 0 unspecified atom stereocenters. The average Bonchev–Trinajstić information content (AvgIpc) is 2.53. The first-order valence-electron chi connectivity index (χ1n) is 9.05. The van der Waals surface area contributed by atoms with E-state index in [-0.39, 0.29) is 5.91 Å². The van der Waals surface area contributed by atoms with E-state index in [1.165, 1.54) is 38.5 Å². The predicted molar refractivity (Wildman–Crippen MR) is 95.4 cm³/mol. The molecule has 0 spiro atoms. The van der Waals surface area contributed by atoms with E-state index in [0.29, 0.717) is 0 Å². The third-order valence-electron chi connectivity index (χ3n) is 4.12. The SMILES string of the molecule is CCCCCCN(CCCCCC)C(=O)c1cccc(C)c1. The van der Waals surface area contributed by atoms with Crippen molar-refractivity contribution in [3.8, 4) is 0 Å². The minimum Gasteiger partial charge on any atom is -0.339 e. The molecule has 1 aromatic carbocycles. The van der Waals surface area contributed by atoms with Crippen LogP contribution in [0.5, 0.6) is 0 Å². The molecular weight excluding hydrogens is 270 g/mol. The van der Waals surface area contributed by atoms with Gasteiger partial charge < -0.3 is 4.90 Å². The van der Waals surface area contributed by atoms with Crippen LogP contribution in [0.15, 0.2) is 24.3 Å². The molecule has 0 aliphatic heterocycles. The highest BCUT2D eigenvalue weighted by molar-refractivity contribution is 5.94. The minimum atomic E-state index is 0.205. The number of rotatable bonds is 11. The van der Waals surface area contributed by atoms with Crippen LogP contribution in [0.1, 0.15) is 81.1 Å². The highest BCUT2D eigenvalue weighted by Gasteiger charge is 2.15. The average molecular weight is 303 g/mol. The van der Waals surface area contributed by atoms with E-state index in [9.17, 15) is 4.79 Å². The zero-order chi connectivity index (χ0) is 16.2. The Morgan fingerprint density at radius 2 is 1.50 bits per heavy atom. The van der Waals surface area contributed by atoms with Gasteiger partial charge in [0.1, 0.15) is 0 Å². The summed E-state index contributed by atoms with van der Waals surface area (Å²) in [6, 6.07) is 7.98. The van der Waals surface area contributed by atoms with Crippen molar-refractivity contribution in [2.24, 2.45) is 0 Å². The fraction of sp³-hybridized carbons (Fsp3) is 0.650. The lowest BCUT2D eigenvalue weighted by molar-refractivity contribution is 0.0749. The Balaban J connectivity index is 2.59. The maximum Gasteiger partial charge on any atom is 0.253 e. The number of benzene rings is 1. The summed E-state index contributed by atoms with van der Waals surface area (Å²) in [5.74, 6) is 0.205. The van der Waals surface area contributed by atoms with E-state index in [2.05, 4.69) is 18.7 Å². The first-order chi connectivity index (χ1) is 10.7. The molecule has 2 heteroatoms. The molecule has 2 nitrogen and oxygen atoms in total. The standard InChI is InChI=1S/C20H33NO/c1-4-6-8-10-15-21(16-11-9-7-5-2)20(22)19-14-12-13-18(3)17-19/h12-14,17H,4-11,15-16H2,1-3H3. The fourth-order valence-electron chi connectivity index (χ4n) is 2.73. The van der Waals surface area contributed by atoms with Gasteiger partial charge in [-0.25, -0.2) is 0 Å². The van der Waals surface area contributed by atoms with Gasteiger partial charge in [0.15, 0.2) is 0 Å². The smallest absolute Gasteiger partial charge is 0.253 e. The van der Waals surface area contributed by atoms with Gasteiger partial charge in [-0.2, -0.15) is 0 Å². The number of carbonyl (C=O) groups excluding carboxylic acids is 1. The van der Waals surface area contributed by atoms with Crippen LogP contribution in [0.25, 0.3) is 0 Å². The van der Waals surface area contributed by atoms with Crippen molar-refractivity contribution >= 4 is 5.91 Å². The topological polar surface area (TPSA) is 20.3 Å². The Morgan fingerprint density at radius 1 is 0.909 bits per heavy atom. The molecule has 124 valence electrons. The molecule has 0 fully saturated rings. The highest BCUT2D eigenvalue weighted by atomic mass is 16.2. The van der Waals surface area contributed by atoms with Crippen LogP contribution in [0, 0.1) is 6.92 Å². The quantitative estimate of drug-likeness (QED) is 0.487. The van der Waals surface area contributed by atoms with Gasteiger partial charge >= 0.3 is 0 Å². The van der Waals surface area contributed by atoms with Crippen LogP contribution in [0.4, 0.5) is 0 Å². The van der Waals surface area contributed by atoms with E-state index in [1.807, 2.05) is 31.2 Å². The molecule has 1 aromatic rings. The van der Waals surface area contributed by atoms with Crippen LogP contribution in [0.3, 0.4) is 0 Å². The van der Waals surface area contributed by atoms with Crippen LogP contribution >= 0.6 is 0 Å². The maximum atomic E-state index is 12.8. The van der Waals surface area contributed by atoms with Crippen molar-refractivity contribution in [1.29, 1.82) is 0 Å². The highest BCUT2D eigenvalue weighted by Crippen LogP contribution is 2.11. The molecule has 0 aliphatic carbocycles. The van der Waals surface area contributed by atoms with Crippen molar-refractivity contribution in [2.45, 2.75) is 72.1 Å². The van der Waals surface area contributed by atoms with Gasteiger partial charge in [-0.3, -0.25) is 4.79 Å². The second-order valence-electron chi connectivity index (χ2n) is 6.28. The molecule has 0 N–H and O–H groups in total. The first kappa shape index (κ1) is 18.7. The second kappa shape index (κ2) is 11.3. The third-order valence-corrected chi connectivity index (χ3v) is 4.12. The molecular formula is C20H33NO. The van der Waals surface area contributed by atoms with Crippen LogP contribution in [-0.2, 0) is 0 Å². The largest absolute Gasteiger partial charge is 0.339 e. The molecule has 22 heavy (non-hydrogen) atoms. The zero-order valence-electron chi connectivity index (χ0n) is 14.7. The number of carbonyl (C=O) groups is 1. The number of unbranched alkanes of at least 4 members (excludes halogenated alkanes) is 6. The number of hydrogen-bond acceptors (Lipinski definition) is 1. The molecule has 0 saturated heterocycles.